The summed E-state index contributed by atoms with van der Waals surface area (Å²) in [5, 5.41) is 2.85. The molecule has 1 amide bonds. The van der Waals surface area contributed by atoms with Crippen molar-refractivity contribution in [2.24, 2.45) is 11.6 Å². The Morgan fingerprint density at radius 3 is 2.54 bits per heavy atom. The molecule has 0 bridgehead atoms. The molecule has 0 radical (unpaired) electrons. The van der Waals surface area contributed by atoms with E-state index in [2.05, 4.69) is 21.8 Å². The van der Waals surface area contributed by atoms with Crippen LogP contribution < -0.4 is 16.3 Å². The lowest BCUT2D eigenvalue weighted by Gasteiger charge is -2.33. The zero-order chi connectivity index (χ0) is 25.4. The quantitative estimate of drug-likeness (QED) is 0.296. The average molecular weight is 516 g/mol. The molecule has 1 saturated heterocycles. The van der Waals surface area contributed by atoms with Crippen molar-refractivity contribution in [3.63, 3.8) is 0 Å². The van der Waals surface area contributed by atoms with Gasteiger partial charge in [0.05, 0.1) is 32.2 Å². The molecule has 2 aromatic heterocycles. The van der Waals surface area contributed by atoms with Gasteiger partial charge in [0.25, 0.3) is 0 Å². The molecule has 184 valence electrons. The Kier molecular flexibility index (Phi) is 9.45. The Bertz CT molecular complexity index is 1190. The molecule has 1 aromatic carbocycles. The van der Waals surface area contributed by atoms with E-state index in [-0.39, 0.29) is 12.5 Å². The Morgan fingerprint density at radius 2 is 1.89 bits per heavy atom. The Balaban J connectivity index is 0.00000108. The molecular weight excluding hydrogens is 489 g/mol. The van der Waals surface area contributed by atoms with E-state index in [0.29, 0.717) is 35.5 Å². The van der Waals surface area contributed by atoms with Gasteiger partial charge in [-0.1, -0.05) is 41.4 Å². The molecule has 4 rings (SSSR count). The molecule has 3 heterocycles. The number of nitrogens with two attached hydrogens (primary N) is 2. The third kappa shape index (κ3) is 6.93. The van der Waals surface area contributed by atoms with Gasteiger partial charge in [-0.2, -0.15) is 0 Å². The van der Waals surface area contributed by atoms with Crippen LogP contribution in [0.1, 0.15) is 22.9 Å². The molecule has 10 heteroatoms. The summed E-state index contributed by atoms with van der Waals surface area (Å²) in [4.78, 5) is 17.2. The average Bonchev–Trinajstić information content (AvgIpc) is 2.85. The second kappa shape index (κ2) is 12.5. The minimum absolute atomic E-state index is 0.103. The maximum atomic E-state index is 8.58. The number of carbonyl (C=O) groups is 1. The summed E-state index contributed by atoms with van der Waals surface area (Å²) in [6, 6.07) is 11.5. The first-order chi connectivity index (χ1) is 16.9. The molecule has 35 heavy (non-hydrogen) atoms. The summed E-state index contributed by atoms with van der Waals surface area (Å²) in [6.45, 7) is 2.93. The van der Waals surface area contributed by atoms with Crippen molar-refractivity contribution >= 4 is 29.6 Å². The Morgan fingerprint density at radius 1 is 1.17 bits per heavy atom. The molecule has 0 spiro atoms. The topological polar surface area (TPSA) is 117 Å². The highest BCUT2D eigenvalue weighted by molar-refractivity contribution is 6.30. The number of hydrazine groups is 1. The van der Waals surface area contributed by atoms with E-state index in [1.807, 2.05) is 49.5 Å². The number of pyridine rings is 2. The first-order valence-corrected chi connectivity index (χ1v) is 11.5. The fraction of sp³-hybridized carbons (Fsp3) is 0.240. The number of carbonyl (C=O) groups excluding carboxylic acids is 1. The van der Waals surface area contributed by atoms with E-state index in [9.17, 15) is 0 Å². The number of methoxy groups -OCH3 is 1. The van der Waals surface area contributed by atoms with Crippen LogP contribution in [0.5, 0.6) is 5.75 Å². The number of rotatable bonds is 5. The minimum Gasteiger partial charge on any atom is -0.494 e. The van der Waals surface area contributed by atoms with Crippen molar-refractivity contribution in [2.75, 3.05) is 20.3 Å². The Hall–Kier alpha value is -3.17. The van der Waals surface area contributed by atoms with Gasteiger partial charge in [0, 0.05) is 22.5 Å². The van der Waals surface area contributed by atoms with E-state index in [1.54, 1.807) is 18.3 Å². The van der Waals surface area contributed by atoms with Gasteiger partial charge in [0.1, 0.15) is 17.0 Å². The minimum atomic E-state index is -0.103. The number of nitrogens with zero attached hydrogens (tertiary/aromatic N) is 3. The van der Waals surface area contributed by atoms with E-state index in [4.69, 9.17) is 43.3 Å². The number of hydrogen-bond donors (Lipinski definition) is 2. The van der Waals surface area contributed by atoms with Gasteiger partial charge in [0.15, 0.2) is 0 Å². The van der Waals surface area contributed by atoms with Crippen LogP contribution in [0.25, 0.3) is 11.1 Å². The van der Waals surface area contributed by atoms with Crippen molar-refractivity contribution in [2.45, 2.75) is 19.4 Å². The molecule has 0 saturated carbocycles. The summed E-state index contributed by atoms with van der Waals surface area (Å²) in [5.41, 5.74) is 9.93. The summed E-state index contributed by atoms with van der Waals surface area (Å²) in [7, 11) is 1.62. The maximum Gasteiger partial charge on any atom is 0.204 e. The predicted molar refractivity (Wildman–Crippen MR) is 137 cm³/mol. The largest absolute Gasteiger partial charge is 0.494 e. The van der Waals surface area contributed by atoms with Crippen molar-refractivity contribution in [3.8, 4) is 16.9 Å². The van der Waals surface area contributed by atoms with Crippen molar-refractivity contribution < 1.29 is 14.3 Å². The summed E-state index contributed by atoms with van der Waals surface area (Å²) in [6.07, 6.45) is 6.35. The smallest absolute Gasteiger partial charge is 0.204 e. The molecule has 1 fully saturated rings. The fourth-order valence-electron chi connectivity index (χ4n) is 3.69. The third-order valence-corrected chi connectivity index (χ3v) is 5.89. The van der Waals surface area contributed by atoms with Crippen LogP contribution in [0.2, 0.25) is 10.2 Å². The van der Waals surface area contributed by atoms with Gasteiger partial charge in [-0.3, -0.25) is 9.78 Å². The molecule has 4 N–H and O–H groups in total. The van der Waals surface area contributed by atoms with E-state index in [1.165, 1.54) is 0 Å². The van der Waals surface area contributed by atoms with Gasteiger partial charge >= 0.3 is 0 Å². The number of morpholine rings is 1. The van der Waals surface area contributed by atoms with Crippen LogP contribution in [0.3, 0.4) is 0 Å². The number of hydrogen-bond acceptors (Lipinski definition) is 7. The van der Waals surface area contributed by atoms with E-state index >= 15 is 0 Å². The molecule has 0 aliphatic carbocycles. The van der Waals surface area contributed by atoms with E-state index in [0.717, 1.165) is 33.6 Å². The summed E-state index contributed by atoms with van der Waals surface area (Å²) >= 11 is 12.2. The normalized spacial score (nSPS) is 16.4. The van der Waals surface area contributed by atoms with E-state index < -0.39 is 0 Å². The van der Waals surface area contributed by atoms with Gasteiger partial charge < -0.3 is 20.2 Å². The third-order valence-electron chi connectivity index (χ3n) is 5.43. The predicted octanol–water partition coefficient (Wildman–Crippen LogP) is 4.24. The van der Waals surface area contributed by atoms with Gasteiger partial charge in [-0.15, -0.1) is 0 Å². The van der Waals surface area contributed by atoms with Crippen molar-refractivity contribution in [3.05, 3.63) is 87.6 Å². The SMILES string of the molecule is COc1cnc(Cl)cc1-c1cc(C)ncc1C/C=C1/COC(c2ccc(Cl)cc2)CN1N.NC=O. The van der Waals surface area contributed by atoms with Crippen molar-refractivity contribution in [1.29, 1.82) is 0 Å². The Labute approximate surface area is 214 Å². The van der Waals surface area contributed by atoms with Gasteiger partial charge in [-0.05, 0) is 54.3 Å². The first kappa shape index (κ1) is 26.4. The van der Waals surface area contributed by atoms with Crippen LogP contribution in [0.15, 0.2) is 60.6 Å². The van der Waals surface area contributed by atoms with Gasteiger partial charge in [0.2, 0.25) is 6.41 Å². The lowest BCUT2D eigenvalue weighted by atomic mass is 9.98. The van der Waals surface area contributed by atoms with Crippen LogP contribution in [0, 0.1) is 6.92 Å². The molecule has 1 aliphatic rings. The first-order valence-electron chi connectivity index (χ1n) is 10.7. The van der Waals surface area contributed by atoms with Gasteiger partial charge in [-0.25, -0.2) is 10.8 Å². The number of benzene rings is 1. The molecule has 1 unspecified atom stereocenters. The number of amides is 1. The fourth-order valence-corrected chi connectivity index (χ4v) is 3.98. The monoisotopic (exact) mass is 515 g/mol. The molecular formula is C25H27Cl2N5O3. The lowest BCUT2D eigenvalue weighted by Crippen LogP contribution is -2.41. The number of aryl methyl sites for hydroxylation is 1. The number of aromatic nitrogens is 2. The number of primary amides is 1. The lowest BCUT2D eigenvalue weighted by molar-refractivity contribution is -0.106. The zero-order valence-electron chi connectivity index (χ0n) is 19.4. The molecule has 8 nitrogen and oxygen atoms in total. The van der Waals surface area contributed by atoms with Crippen LogP contribution in [-0.2, 0) is 16.0 Å². The standard InChI is InChI=1S/C24H24Cl2N4O2.CH3NO/c1-15-9-20(21-10-24(26)29-12-22(21)31-2)17(11-28-15)5-8-19-14-32-23(13-30(19)27)16-3-6-18(25)7-4-16;2-1-3/h3-4,6-12,23H,5,13-14,27H2,1-2H3;1H,(H2,2,3)/b19-8-;. The number of ether oxygens (including phenoxy) is 2. The summed E-state index contributed by atoms with van der Waals surface area (Å²) in [5.74, 6) is 6.99. The highest BCUT2D eigenvalue weighted by atomic mass is 35.5. The molecule has 3 aromatic rings. The maximum absolute atomic E-state index is 8.58. The number of halogens is 2. The highest BCUT2D eigenvalue weighted by Gasteiger charge is 2.23. The second-order valence-corrected chi connectivity index (χ2v) is 8.55. The summed E-state index contributed by atoms with van der Waals surface area (Å²) < 4.78 is 11.6. The van der Waals surface area contributed by atoms with Crippen LogP contribution >= 0.6 is 23.2 Å². The van der Waals surface area contributed by atoms with Crippen LogP contribution in [-0.4, -0.2) is 41.6 Å². The second-order valence-electron chi connectivity index (χ2n) is 7.73. The molecule has 1 atom stereocenters. The van der Waals surface area contributed by atoms with Crippen LogP contribution in [0.4, 0.5) is 0 Å². The zero-order valence-corrected chi connectivity index (χ0v) is 21.0. The van der Waals surface area contributed by atoms with Crippen molar-refractivity contribution in [1.82, 2.24) is 15.0 Å². The molecule has 1 aliphatic heterocycles. The number of allylic oxidation sites excluding steroid dienone is 1. The highest BCUT2D eigenvalue weighted by Crippen LogP contribution is 2.34.